The highest BCUT2D eigenvalue weighted by Crippen LogP contribution is 2.25. The standard InChI is InChI=1S/C13H15N3O2S/c1-16(7-10-3-5-14-6-4-10)13-15-11(9-18-2)12(8-17)19-13/h3-6,8H,7,9H2,1-2H3. The lowest BCUT2D eigenvalue weighted by Crippen LogP contribution is -2.16. The molecule has 0 atom stereocenters. The molecule has 0 aromatic carbocycles. The molecule has 19 heavy (non-hydrogen) atoms. The highest BCUT2D eigenvalue weighted by molar-refractivity contribution is 7.17. The van der Waals surface area contributed by atoms with Gasteiger partial charge in [-0.2, -0.15) is 0 Å². The first-order valence-electron chi connectivity index (χ1n) is 5.78. The molecule has 5 nitrogen and oxygen atoms in total. The van der Waals surface area contributed by atoms with E-state index in [2.05, 4.69) is 9.97 Å². The summed E-state index contributed by atoms with van der Waals surface area (Å²) in [6.45, 7) is 1.08. The Morgan fingerprint density at radius 2 is 2.16 bits per heavy atom. The van der Waals surface area contributed by atoms with Crippen LogP contribution in [0.3, 0.4) is 0 Å². The van der Waals surface area contributed by atoms with E-state index in [1.165, 1.54) is 11.3 Å². The summed E-state index contributed by atoms with van der Waals surface area (Å²) in [5.41, 5.74) is 1.84. The third-order valence-electron chi connectivity index (χ3n) is 2.60. The topological polar surface area (TPSA) is 55.3 Å². The average molecular weight is 277 g/mol. The third kappa shape index (κ3) is 3.36. The summed E-state index contributed by atoms with van der Waals surface area (Å²) in [6, 6.07) is 3.92. The fraction of sp³-hybridized carbons (Fsp3) is 0.308. The fourth-order valence-corrected chi connectivity index (χ4v) is 2.52. The van der Waals surface area contributed by atoms with Crippen LogP contribution in [0, 0.1) is 0 Å². The number of pyridine rings is 1. The smallest absolute Gasteiger partial charge is 0.186 e. The molecule has 2 rings (SSSR count). The number of aldehydes is 1. The number of hydrogen-bond acceptors (Lipinski definition) is 6. The monoisotopic (exact) mass is 277 g/mol. The summed E-state index contributed by atoms with van der Waals surface area (Å²) in [7, 11) is 3.54. The maximum atomic E-state index is 11.0. The second-order valence-corrected chi connectivity index (χ2v) is 5.08. The highest BCUT2D eigenvalue weighted by Gasteiger charge is 2.13. The zero-order chi connectivity index (χ0) is 13.7. The SMILES string of the molecule is COCc1nc(N(C)Cc2ccncc2)sc1C=O. The van der Waals surface area contributed by atoms with Crippen LogP contribution in [0.25, 0.3) is 0 Å². The van der Waals surface area contributed by atoms with Gasteiger partial charge in [-0.25, -0.2) is 4.98 Å². The first-order chi connectivity index (χ1) is 9.24. The van der Waals surface area contributed by atoms with Gasteiger partial charge >= 0.3 is 0 Å². The number of thiazole rings is 1. The van der Waals surface area contributed by atoms with Gasteiger partial charge in [0, 0.05) is 33.1 Å². The normalized spacial score (nSPS) is 10.4. The lowest BCUT2D eigenvalue weighted by atomic mass is 10.2. The van der Waals surface area contributed by atoms with Crippen molar-refractivity contribution in [1.29, 1.82) is 0 Å². The van der Waals surface area contributed by atoms with E-state index < -0.39 is 0 Å². The molecule has 2 aromatic rings. The van der Waals surface area contributed by atoms with Crippen LogP contribution in [0.5, 0.6) is 0 Å². The second kappa shape index (κ2) is 6.40. The van der Waals surface area contributed by atoms with Crippen molar-refractivity contribution in [3.63, 3.8) is 0 Å². The predicted molar refractivity (Wildman–Crippen MR) is 74.6 cm³/mol. The molecule has 2 heterocycles. The minimum Gasteiger partial charge on any atom is -0.378 e. The summed E-state index contributed by atoms with van der Waals surface area (Å²) in [5.74, 6) is 0. The Labute approximate surface area is 115 Å². The van der Waals surface area contributed by atoms with Gasteiger partial charge in [0.15, 0.2) is 11.4 Å². The Balaban J connectivity index is 2.15. The molecular formula is C13H15N3O2S. The van der Waals surface area contributed by atoms with Crippen molar-refractivity contribution in [3.05, 3.63) is 40.7 Å². The highest BCUT2D eigenvalue weighted by atomic mass is 32.1. The molecule has 0 saturated heterocycles. The van der Waals surface area contributed by atoms with E-state index in [-0.39, 0.29) is 0 Å². The summed E-state index contributed by atoms with van der Waals surface area (Å²) < 4.78 is 5.04. The summed E-state index contributed by atoms with van der Waals surface area (Å²) >= 11 is 1.38. The molecule has 0 aliphatic carbocycles. The lowest BCUT2D eigenvalue weighted by Gasteiger charge is -2.15. The Hall–Kier alpha value is -1.79. The van der Waals surface area contributed by atoms with E-state index in [0.717, 1.165) is 23.5 Å². The van der Waals surface area contributed by atoms with E-state index in [9.17, 15) is 4.79 Å². The van der Waals surface area contributed by atoms with Crippen LogP contribution >= 0.6 is 11.3 Å². The molecule has 0 saturated carbocycles. The second-order valence-electron chi connectivity index (χ2n) is 4.07. The Bertz CT molecular complexity index is 542. The summed E-state index contributed by atoms with van der Waals surface area (Å²) in [5, 5.41) is 0.811. The van der Waals surface area contributed by atoms with Crippen molar-refractivity contribution >= 4 is 22.8 Å². The number of carbonyl (C=O) groups excluding carboxylic acids is 1. The maximum Gasteiger partial charge on any atom is 0.186 e. The number of carbonyl (C=O) groups is 1. The third-order valence-corrected chi connectivity index (χ3v) is 3.74. The van der Waals surface area contributed by atoms with Crippen molar-refractivity contribution < 1.29 is 9.53 Å². The van der Waals surface area contributed by atoms with Gasteiger partial charge in [-0.1, -0.05) is 11.3 Å². The molecule has 0 aliphatic heterocycles. The van der Waals surface area contributed by atoms with Crippen LogP contribution in [0.2, 0.25) is 0 Å². The molecule has 6 heteroatoms. The van der Waals surface area contributed by atoms with Gasteiger partial charge in [0.25, 0.3) is 0 Å². The molecule has 0 N–H and O–H groups in total. The van der Waals surface area contributed by atoms with Crippen LogP contribution in [0.4, 0.5) is 5.13 Å². The molecule has 2 aromatic heterocycles. The molecule has 0 spiro atoms. The van der Waals surface area contributed by atoms with Crippen molar-refractivity contribution in [2.75, 3.05) is 19.1 Å². The molecule has 0 amide bonds. The van der Waals surface area contributed by atoms with Crippen LogP contribution in [-0.4, -0.2) is 30.4 Å². The van der Waals surface area contributed by atoms with Crippen LogP contribution < -0.4 is 4.90 Å². The van der Waals surface area contributed by atoms with Gasteiger partial charge in [-0.15, -0.1) is 0 Å². The summed E-state index contributed by atoms with van der Waals surface area (Å²) in [6.07, 6.45) is 4.35. The van der Waals surface area contributed by atoms with Gasteiger partial charge in [0.2, 0.25) is 0 Å². The summed E-state index contributed by atoms with van der Waals surface area (Å²) in [4.78, 5) is 22.0. The molecule has 100 valence electrons. The molecule has 0 unspecified atom stereocenters. The minimum atomic E-state index is 0.355. The van der Waals surface area contributed by atoms with E-state index in [0.29, 0.717) is 17.2 Å². The molecule has 0 fully saturated rings. The largest absolute Gasteiger partial charge is 0.378 e. The zero-order valence-corrected chi connectivity index (χ0v) is 11.7. The zero-order valence-electron chi connectivity index (χ0n) is 10.9. The van der Waals surface area contributed by atoms with Gasteiger partial charge in [0.05, 0.1) is 17.2 Å². The van der Waals surface area contributed by atoms with Gasteiger partial charge < -0.3 is 9.64 Å². The molecular weight excluding hydrogens is 262 g/mol. The van der Waals surface area contributed by atoms with Crippen LogP contribution in [-0.2, 0) is 17.9 Å². The maximum absolute atomic E-state index is 11.0. The van der Waals surface area contributed by atoms with Gasteiger partial charge in [-0.05, 0) is 17.7 Å². The number of aromatic nitrogens is 2. The quantitative estimate of drug-likeness (QED) is 0.757. The number of ether oxygens (including phenoxy) is 1. The Morgan fingerprint density at radius 3 is 2.79 bits per heavy atom. The average Bonchev–Trinajstić information content (AvgIpc) is 2.83. The van der Waals surface area contributed by atoms with E-state index in [1.54, 1.807) is 19.5 Å². The minimum absolute atomic E-state index is 0.355. The number of hydrogen-bond donors (Lipinski definition) is 0. The van der Waals surface area contributed by atoms with Gasteiger partial charge in [-0.3, -0.25) is 9.78 Å². The number of rotatable bonds is 6. The van der Waals surface area contributed by atoms with Crippen molar-refractivity contribution in [3.8, 4) is 0 Å². The molecule has 0 radical (unpaired) electrons. The van der Waals surface area contributed by atoms with Crippen molar-refractivity contribution in [1.82, 2.24) is 9.97 Å². The number of methoxy groups -OCH3 is 1. The molecule has 0 bridgehead atoms. The van der Waals surface area contributed by atoms with Crippen LogP contribution in [0.1, 0.15) is 20.9 Å². The molecule has 0 aliphatic rings. The Kier molecular flexibility index (Phi) is 4.59. The van der Waals surface area contributed by atoms with Crippen molar-refractivity contribution in [2.24, 2.45) is 0 Å². The lowest BCUT2D eigenvalue weighted by molar-refractivity contribution is 0.112. The number of anilines is 1. The predicted octanol–water partition coefficient (Wildman–Crippen LogP) is 2.13. The fourth-order valence-electron chi connectivity index (χ4n) is 1.68. The first kappa shape index (κ1) is 13.6. The first-order valence-corrected chi connectivity index (χ1v) is 6.60. The van der Waals surface area contributed by atoms with Gasteiger partial charge in [0.1, 0.15) is 0 Å². The van der Waals surface area contributed by atoms with E-state index >= 15 is 0 Å². The van der Waals surface area contributed by atoms with Crippen molar-refractivity contribution in [2.45, 2.75) is 13.2 Å². The van der Waals surface area contributed by atoms with E-state index in [4.69, 9.17) is 4.74 Å². The van der Waals surface area contributed by atoms with E-state index in [1.807, 2.05) is 24.1 Å². The van der Waals surface area contributed by atoms with Crippen LogP contribution in [0.15, 0.2) is 24.5 Å². The Morgan fingerprint density at radius 1 is 1.42 bits per heavy atom. The number of nitrogens with zero attached hydrogens (tertiary/aromatic N) is 3.